The van der Waals surface area contributed by atoms with Crippen molar-refractivity contribution in [3.8, 4) is 0 Å². The molecule has 0 radical (unpaired) electrons. The SMILES string of the molecule is CCOC(=O)c1c(NC(C)(C)C)c2ccccc2n(C)c1=O. The number of aryl methyl sites for hydroxylation is 1. The van der Waals surface area contributed by atoms with Gasteiger partial charge in [-0.1, -0.05) is 18.2 Å². The van der Waals surface area contributed by atoms with Gasteiger partial charge in [-0.2, -0.15) is 0 Å². The second-order valence-electron chi connectivity index (χ2n) is 6.23. The van der Waals surface area contributed by atoms with E-state index in [0.29, 0.717) is 5.69 Å². The zero-order chi connectivity index (χ0) is 16.5. The number of carbonyl (C=O) groups is 1. The van der Waals surface area contributed by atoms with Crippen molar-refractivity contribution in [2.45, 2.75) is 33.2 Å². The van der Waals surface area contributed by atoms with Crippen molar-refractivity contribution >= 4 is 22.6 Å². The molecule has 1 heterocycles. The van der Waals surface area contributed by atoms with E-state index in [2.05, 4.69) is 5.32 Å². The molecule has 22 heavy (non-hydrogen) atoms. The number of carbonyl (C=O) groups excluding carboxylic acids is 1. The number of para-hydroxylation sites is 1. The zero-order valence-electron chi connectivity index (χ0n) is 13.7. The molecule has 0 aliphatic carbocycles. The topological polar surface area (TPSA) is 60.3 Å². The molecular weight excluding hydrogens is 280 g/mol. The van der Waals surface area contributed by atoms with E-state index in [9.17, 15) is 9.59 Å². The van der Waals surface area contributed by atoms with Gasteiger partial charge in [0.15, 0.2) is 0 Å². The van der Waals surface area contributed by atoms with Crippen molar-refractivity contribution in [3.05, 3.63) is 40.2 Å². The molecule has 0 aliphatic rings. The fourth-order valence-corrected chi connectivity index (χ4v) is 2.39. The minimum Gasteiger partial charge on any atom is -0.462 e. The lowest BCUT2D eigenvalue weighted by Crippen LogP contribution is -2.33. The average molecular weight is 302 g/mol. The maximum Gasteiger partial charge on any atom is 0.345 e. The minimum absolute atomic E-state index is 0.0537. The van der Waals surface area contributed by atoms with Crippen molar-refractivity contribution in [3.63, 3.8) is 0 Å². The standard InChI is InChI=1S/C17H22N2O3/c1-6-22-16(21)13-14(18-17(2,3)4)11-9-7-8-10-12(11)19(5)15(13)20/h7-10,18H,6H2,1-5H3. The number of anilines is 1. The molecule has 1 N–H and O–H groups in total. The molecule has 5 nitrogen and oxygen atoms in total. The first-order valence-corrected chi connectivity index (χ1v) is 7.33. The first-order valence-electron chi connectivity index (χ1n) is 7.33. The number of fused-ring (bicyclic) bond motifs is 1. The lowest BCUT2D eigenvalue weighted by molar-refractivity contribution is 0.0525. The van der Waals surface area contributed by atoms with Gasteiger partial charge in [0.05, 0.1) is 17.8 Å². The van der Waals surface area contributed by atoms with Crippen LogP contribution in [-0.2, 0) is 11.8 Å². The molecule has 0 spiro atoms. The molecule has 1 aromatic carbocycles. The molecule has 0 atom stereocenters. The largest absolute Gasteiger partial charge is 0.462 e. The van der Waals surface area contributed by atoms with Crippen molar-refractivity contribution in [1.29, 1.82) is 0 Å². The molecule has 0 amide bonds. The zero-order valence-corrected chi connectivity index (χ0v) is 13.7. The molecule has 0 aliphatic heterocycles. The van der Waals surface area contributed by atoms with Crippen LogP contribution in [-0.4, -0.2) is 22.7 Å². The van der Waals surface area contributed by atoms with E-state index < -0.39 is 5.97 Å². The highest BCUT2D eigenvalue weighted by molar-refractivity contribution is 6.05. The van der Waals surface area contributed by atoms with Crippen LogP contribution in [0.4, 0.5) is 5.69 Å². The Kier molecular flexibility index (Phi) is 4.26. The van der Waals surface area contributed by atoms with E-state index in [0.717, 1.165) is 10.9 Å². The molecule has 0 saturated carbocycles. The summed E-state index contributed by atoms with van der Waals surface area (Å²) in [6.45, 7) is 7.89. The van der Waals surface area contributed by atoms with Gasteiger partial charge in [-0.15, -0.1) is 0 Å². The summed E-state index contributed by atoms with van der Waals surface area (Å²) in [5.74, 6) is -0.597. The van der Waals surface area contributed by atoms with Gasteiger partial charge in [0.2, 0.25) is 0 Å². The molecule has 0 saturated heterocycles. The van der Waals surface area contributed by atoms with Gasteiger partial charge in [-0.3, -0.25) is 4.79 Å². The number of hydrogen-bond acceptors (Lipinski definition) is 4. The molecule has 2 rings (SSSR count). The first-order chi connectivity index (χ1) is 10.3. The van der Waals surface area contributed by atoms with Crippen molar-refractivity contribution in [2.24, 2.45) is 7.05 Å². The third-order valence-corrected chi connectivity index (χ3v) is 3.28. The number of ether oxygens (including phenoxy) is 1. The van der Waals surface area contributed by atoms with Crippen molar-refractivity contribution in [2.75, 3.05) is 11.9 Å². The summed E-state index contributed by atoms with van der Waals surface area (Å²) in [6.07, 6.45) is 0. The number of rotatable bonds is 3. The van der Waals surface area contributed by atoms with Crippen molar-refractivity contribution < 1.29 is 9.53 Å². The number of pyridine rings is 1. The molecule has 118 valence electrons. The van der Waals surface area contributed by atoms with Crippen LogP contribution >= 0.6 is 0 Å². The predicted octanol–water partition coefficient (Wildman–Crippen LogP) is 2.93. The lowest BCUT2D eigenvalue weighted by Gasteiger charge is -2.25. The molecule has 0 unspecified atom stereocenters. The second kappa shape index (κ2) is 5.83. The van der Waals surface area contributed by atoms with Crippen LogP contribution < -0.4 is 10.9 Å². The van der Waals surface area contributed by atoms with Crippen LogP contribution in [0.25, 0.3) is 10.9 Å². The Hall–Kier alpha value is -2.30. The third kappa shape index (κ3) is 2.98. The Balaban J connectivity index is 2.86. The molecule has 2 aromatic rings. The predicted molar refractivity (Wildman–Crippen MR) is 88.5 cm³/mol. The highest BCUT2D eigenvalue weighted by atomic mass is 16.5. The van der Waals surface area contributed by atoms with E-state index >= 15 is 0 Å². The normalized spacial score (nSPS) is 11.5. The van der Waals surface area contributed by atoms with E-state index in [-0.39, 0.29) is 23.3 Å². The van der Waals surface area contributed by atoms with Gasteiger partial charge >= 0.3 is 5.97 Å². The number of nitrogens with one attached hydrogen (secondary N) is 1. The van der Waals surface area contributed by atoms with Gasteiger partial charge in [-0.05, 0) is 33.8 Å². The number of benzene rings is 1. The molecular formula is C17H22N2O3. The summed E-state index contributed by atoms with van der Waals surface area (Å²) >= 11 is 0. The maximum absolute atomic E-state index is 12.6. The fraction of sp³-hybridized carbons (Fsp3) is 0.412. The minimum atomic E-state index is -0.597. The summed E-state index contributed by atoms with van der Waals surface area (Å²) < 4.78 is 6.56. The van der Waals surface area contributed by atoms with Crippen LogP contribution in [0.15, 0.2) is 29.1 Å². The summed E-state index contributed by atoms with van der Waals surface area (Å²) in [5.41, 5.74) is 0.704. The van der Waals surface area contributed by atoms with Crippen LogP contribution in [0.5, 0.6) is 0 Å². The van der Waals surface area contributed by atoms with E-state index in [1.165, 1.54) is 4.57 Å². The van der Waals surface area contributed by atoms with Gasteiger partial charge in [-0.25, -0.2) is 4.79 Å². The summed E-state index contributed by atoms with van der Waals surface area (Å²) in [4.78, 5) is 24.9. The maximum atomic E-state index is 12.6. The smallest absolute Gasteiger partial charge is 0.345 e. The number of nitrogens with zero attached hydrogens (tertiary/aromatic N) is 1. The Bertz CT molecular complexity index is 770. The van der Waals surface area contributed by atoms with Crippen LogP contribution in [0.3, 0.4) is 0 Å². The van der Waals surface area contributed by atoms with Crippen LogP contribution in [0.1, 0.15) is 38.1 Å². The van der Waals surface area contributed by atoms with Gasteiger partial charge in [0, 0.05) is 18.0 Å². The van der Waals surface area contributed by atoms with Crippen molar-refractivity contribution in [1.82, 2.24) is 4.57 Å². The van der Waals surface area contributed by atoms with Gasteiger partial charge < -0.3 is 14.6 Å². The summed E-state index contributed by atoms with van der Waals surface area (Å²) in [7, 11) is 1.66. The highest BCUT2D eigenvalue weighted by Crippen LogP contribution is 2.28. The summed E-state index contributed by atoms with van der Waals surface area (Å²) in [6, 6.07) is 7.51. The second-order valence-corrected chi connectivity index (χ2v) is 6.23. The molecule has 1 aromatic heterocycles. The third-order valence-electron chi connectivity index (χ3n) is 3.28. The van der Waals surface area contributed by atoms with E-state index in [1.807, 2.05) is 45.0 Å². The van der Waals surface area contributed by atoms with Gasteiger partial charge in [0.25, 0.3) is 5.56 Å². The van der Waals surface area contributed by atoms with E-state index in [1.54, 1.807) is 14.0 Å². The monoisotopic (exact) mass is 302 g/mol. The number of hydrogen-bond donors (Lipinski definition) is 1. The Morgan fingerprint density at radius 1 is 1.27 bits per heavy atom. The molecule has 5 heteroatoms. The first kappa shape index (κ1) is 16.1. The highest BCUT2D eigenvalue weighted by Gasteiger charge is 2.24. The quantitative estimate of drug-likeness (QED) is 0.886. The molecule has 0 fully saturated rings. The van der Waals surface area contributed by atoms with Gasteiger partial charge in [0.1, 0.15) is 5.56 Å². The Morgan fingerprint density at radius 3 is 2.50 bits per heavy atom. The lowest BCUT2D eigenvalue weighted by atomic mass is 10.0. The Morgan fingerprint density at radius 2 is 1.91 bits per heavy atom. The van der Waals surface area contributed by atoms with Crippen LogP contribution in [0, 0.1) is 0 Å². The van der Waals surface area contributed by atoms with E-state index in [4.69, 9.17) is 4.74 Å². The number of esters is 1. The summed E-state index contributed by atoms with van der Waals surface area (Å²) in [5, 5.41) is 4.11. The number of aromatic nitrogens is 1. The Labute approximate surface area is 129 Å². The average Bonchev–Trinajstić information content (AvgIpc) is 2.43. The van der Waals surface area contributed by atoms with Crippen LogP contribution in [0.2, 0.25) is 0 Å². The fourth-order valence-electron chi connectivity index (χ4n) is 2.39. The molecule has 0 bridgehead atoms.